The van der Waals surface area contributed by atoms with E-state index in [2.05, 4.69) is 4.98 Å². The lowest BCUT2D eigenvalue weighted by molar-refractivity contribution is -0.132. The molecule has 1 N–H and O–H groups in total. The van der Waals surface area contributed by atoms with Crippen LogP contribution in [0.15, 0.2) is 72.3 Å². The Kier molecular flexibility index (Phi) is 6.00. The van der Waals surface area contributed by atoms with Crippen molar-refractivity contribution in [3.8, 4) is 5.75 Å². The first kappa shape index (κ1) is 23.0. The number of fused-ring (bicyclic) bond motifs is 1. The lowest BCUT2D eigenvalue weighted by atomic mass is 9.95. The van der Waals surface area contributed by atoms with Crippen LogP contribution in [0.5, 0.6) is 5.75 Å². The molecule has 1 aromatic heterocycles. The largest absolute Gasteiger partial charge is 0.507 e. The van der Waals surface area contributed by atoms with Crippen molar-refractivity contribution in [3.05, 3.63) is 94.3 Å². The lowest BCUT2D eigenvalue weighted by Gasteiger charge is -2.23. The zero-order valence-electron chi connectivity index (χ0n) is 18.4. The van der Waals surface area contributed by atoms with Crippen LogP contribution in [0.4, 0.5) is 9.52 Å². The molecule has 0 saturated carbocycles. The molecule has 2 heterocycles. The van der Waals surface area contributed by atoms with Crippen LogP contribution in [-0.4, -0.2) is 28.4 Å². The van der Waals surface area contributed by atoms with Gasteiger partial charge in [0.2, 0.25) is 0 Å². The van der Waals surface area contributed by atoms with E-state index in [0.717, 1.165) is 11.3 Å². The van der Waals surface area contributed by atoms with Gasteiger partial charge in [0.15, 0.2) is 5.13 Å². The zero-order valence-corrected chi connectivity index (χ0v) is 19.9. The van der Waals surface area contributed by atoms with E-state index in [1.165, 1.54) is 23.1 Å². The van der Waals surface area contributed by atoms with Crippen molar-refractivity contribution >= 4 is 55.7 Å². The highest BCUT2D eigenvalue weighted by molar-refractivity contribution is 7.22. The number of aliphatic hydroxyl groups excluding tert-OH is 1. The number of hydrogen-bond acceptors (Lipinski definition) is 6. The zero-order chi connectivity index (χ0) is 24.7. The molecule has 6 nitrogen and oxygen atoms in total. The molecule has 1 atom stereocenters. The van der Waals surface area contributed by atoms with Crippen molar-refractivity contribution in [2.24, 2.45) is 0 Å². The van der Waals surface area contributed by atoms with Gasteiger partial charge in [-0.15, -0.1) is 0 Å². The number of halogens is 2. The van der Waals surface area contributed by atoms with Gasteiger partial charge in [-0.1, -0.05) is 35.1 Å². The number of aliphatic hydroxyl groups is 1. The summed E-state index contributed by atoms with van der Waals surface area (Å²) in [7, 11) is 0. The molecule has 5 rings (SSSR count). The van der Waals surface area contributed by atoms with Crippen molar-refractivity contribution in [3.63, 3.8) is 0 Å². The fourth-order valence-corrected chi connectivity index (χ4v) is 5.15. The summed E-state index contributed by atoms with van der Waals surface area (Å²) in [6, 6.07) is 16.4. The van der Waals surface area contributed by atoms with Crippen molar-refractivity contribution in [2.75, 3.05) is 11.5 Å². The Bertz CT molecular complexity index is 1480. The fraction of sp³-hybridized carbons (Fsp3) is 0.115. The highest BCUT2D eigenvalue weighted by Crippen LogP contribution is 2.44. The molecule has 1 saturated heterocycles. The molecule has 1 aliphatic heterocycles. The summed E-state index contributed by atoms with van der Waals surface area (Å²) in [4.78, 5) is 32.3. The Morgan fingerprint density at radius 1 is 1.11 bits per heavy atom. The Balaban J connectivity index is 1.70. The minimum atomic E-state index is -0.952. The average Bonchev–Trinajstić information content (AvgIpc) is 3.37. The second-order valence-electron chi connectivity index (χ2n) is 7.79. The minimum absolute atomic E-state index is 0.0769. The number of aromatic nitrogens is 1. The second-order valence-corrected chi connectivity index (χ2v) is 9.23. The highest BCUT2D eigenvalue weighted by Gasteiger charge is 2.48. The number of hydrogen-bond donors (Lipinski definition) is 1. The topological polar surface area (TPSA) is 79.7 Å². The van der Waals surface area contributed by atoms with Gasteiger partial charge in [0.1, 0.15) is 17.3 Å². The maximum Gasteiger partial charge on any atom is 0.301 e. The number of ketones is 1. The third kappa shape index (κ3) is 4.15. The predicted molar refractivity (Wildman–Crippen MR) is 133 cm³/mol. The van der Waals surface area contributed by atoms with E-state index >= 15 is 0 Å². The van der Waals surface area contributed by atoms with Crippen molar-refractivity contribution in [2.45, 2.75) is 13.0 Å². The summed E-state index contributed by atoms with van der Waals surface area (Å²) in [6.07, 6.45) is 0. The number of amides is 1. The third-order valence-corrected chi connectivity index (χ3v) is 6.88. The molecule has 0 aliphatic carbocycles. The molecule has 0 spiro atoms. The van der Waals surface area contributed by atoms with E-state index in [0.29, 0.717) is 38.7 Å². The Morgan fingerprint density at radius 3 is 2.51 bits per heavy atom. The summed E-state index contributed by atoms with van der Waals surface area (Å²) >= 11 is 7.06. The predicted octanol–water partition coefficient (Wildman–Crippen LogP) is 6.11. The van der Waals surface area contributed by atoms with Gasteiger partial charge in [-0.05, 0) is 67.1 Å². The van der Waals surface area contributed by atoms with E-state index in [1.54, 1.807) is 48.5 Å². The standard InChI is InChI=1S/C26H18ClFN2O4S/c1-2-34-18-10-5-14(6-11-18)22-21(23(31)15-3-7-16(27)8-4-15)24(32)25(33)30(22)26-29-19-12-9-17(28)13-20(19)35-26/h3-13,22,31H,2H2,1H3/t22-/m1/s1. The summed E-state index contributed by atoms with van der Waals surface area (Å²) in [5, 5.41) is 11.8. The van der Waals surface area contributed by atoms with Crippen molar-refractivity contribution in [1.82, 2.24) is 4.98 Å². The summed E-state index contributed by atoms with van der Waals surface area (Å²) in [5.41, 5.74) is 1.34. The quantitative estimate of drug-likeness (QED) is 0.200. The number of carbonyl (C=O) groups is 2. The van der Waals surface area contributed by atoms with Gasteiger partial charge in [-0.3, -0.25) is 14.5 Å². The first-order valence-corrected chi connectivity index (χ1v) is 11.9. The van der Waals surface area contributed by atoms with E-state index < -0.39 is 23.5 Å². The van der Waals surface area contributed by atoms with Gasteiger partial charge >= 0.3 is 5.91 Å². The van der Waals surface area contributed by atoms with Crippen LogP contribution >= 0.6 is 22.9 Å². The molecule has 3 aromatic carbocycles. The molecule has 35 heavy (non-hydrogen) atoms. The molecule has 4 aromatic rings. The van der Waals surface area contributed by atoms with Crippen LogP contribution in [-0.2, 0) is 9.59 Å². The molecule has 0 radical (unpaired) electrons. The Labute approximate surface area is 208 Å². The molecule has 9 heteroatoms. The molecule has 1 aliphatic rings. The van der Waals surface area contributed by atoms with Gasteiger partial charge in [0.05, 0.1) is 28.4 Å². The summed E-state index contributed by atoms with van der Waals surface area (Å²) in [6.45, 7) is 2.35. The number of nitrogens with zero attached hydrogens (tertiary/aromatic N) is 2. The molecule has 1 fully saturated rings. The minimum Gasteiger partial charge on any atom is -0.507 e. The lowest BCUT2D eigenvalue weighted by Crippen LogP contribution is -2.29. The number of Topliss-reactive ketones (excluding diaryl/α,β-unsaturated/α-hetero) is 1. The van der Waals surface area contributed by atoms with Gasteiger partial charge in [0, 0.05) is 10.6 Å². The van der Waals surface area contributed by atoms with Crippen LogP contribution in [0, 0.1) is 5.82 Å². The molecular formula is C26H18ClFN2O4S. The van der Waals surface area contributed by atoms with Gasteiger partial charge in [-0.2, -0.15) is 0 Å². The Hall–Kier alpha value is -3.75. The van der Waals surface area contributed by atoms with Crippen molar-refractivity contribution in [1.29, 1.82) is 0 Å². The maximum atomic E-state index is 13.8. The van der Waals surface area contributed by atoms with Crippen molar-refractivity contribution < 1.29 is 23.8 Å². The Morgan fingerprint density at radius 2 is 1.83 bits per heavy atom. The normalized spacial score (nSPS) is 17.3. The van der Waals surface area contributed by atoms with Crippen LogP contribution in [0.2, 0.25) is 5.02 Å². The molecule has 0 unspecified atom stereocenters. The van der Waals surface area contributed by atoms with Gasteiger partial charge < -0.3 is 9.84 Å². The summed E-state index contributed by atoms with van der Waals surface area (Å²) in [5.74, 6) is -1.81. The maximum absolute atomic E-state index is 13.8. The SMILES string of the molecule is CCOc1ccc([C@@H]2C(=C(O)c3ccc(Cl)cc3)C(=O)C(=O)N2c2nc3ccc(F)cc3s2)cc1. The fourth-order valence-electron chi connectivity index (χ4n) is 4.01. The third-order valence-electron chi connectivity index (χ3n) is 5.61. The van der Waals surface area contributed by atoms with Crippen LogP contribution in [0.25, 0.3) is 16.0 Å². The molecular weight excluding hydrogens is 491 g/mol. The first-order valence-electron chi connectivity index (χ1n) is 10.7. The molecule has 176 valence electrons. The monoisotopic (exact) mass is 508 g/mol. The number of carbonyl (C=O) groups excluding carboxylic acids is 2. The van der Waals surface area contributed by atoms with Gasteiger partial charge in [0.25, 0.3) is 5.78 Å². The van der Waals surface area contributed by atoms with Crippen LogP contribution in [0.1, 0.15) is 24.1 Å². The van der Waals surface area contributed by atoms with Gasteiger partial charge in [-0.25, -0.2) is 9.37 Å². The molecule has 1 amide bonds. The van der Waals surface area contributed by atoms with Crippen LogP contribution < -0.4 is 9.64 Å². The van der Waals surface area contributed by atoms with E-state index in [1.807, 2.05) is 6.92 Å². The smallest absolute Gasteiger partial charge is 0.301 e. The highest BCUT2D eigenvalue weighted by atomic mass is 35.5. The first-order chi connectivity index (χ1) is 16.9. The van der Waals surface area contributed by atoms with Crippen LogP contribution in [0.3, 0.4) is 0 Å². The summed E-state index contributed by atoms with van der Waals surface area (Å²) < 4.78 is 19.8. The number of benzene rings is 3. The second kappa shape index (κ2) is 9.13. The number of thiazole rings is 1. The van der Waals surface area contributed by atoms with E-state index in [9.17, 15) is 19.1 Å². The molecule has 0 bridgehead atoms. The van der Waals surface area contributed by atoms with E-state index in [4.69, 9.17) is 16.3 Å². The number of rotatable bonds is 5. The number of ether oxygens (including phenoxy) is 1. The average molecular weight is 509 g/mol. The van der Waals surface area contributed by atoms with E-state index in [-0.39, 0.29) is 16.5 Å². The number of anilines is 1.